The van der Waals surface area contributed by atoms with E-state index in [1.807, 2.05) is 0 Å². The van der Waals surface area contributed by atoms with E-state index in [4.69, 9.17) is 0 Å². The molecule has 0 atom stereocenters. The maximum atomic E-state index is 2.38. The third-order valence-electron chi connectivity index (χ3n) is 2.41. The molecule has 0 aromatic rings. The predicted octanol–water partition coefficient (Wildman–Crippen LogP) is 5.71. The van der Waals surface area contributed by atoms with Crippen molar-refractivity contribution in [1.82, 2.24) is 0 Å². The molecule has 0 N–H and O–H groups in total. The van der Waals surface area contributed by atoms with Gasteiger partial charge in [0.25, 0.3) is 14.1 Å². The summed E-state index contributed by atoms with van der Waals surface area (Å²) in [5.41, 5.74) is 0. The molecule has 0 saturated carbocycles. The van der Waals surface area contributed by atoms with Crippen molar-refractivity contribution in [3.63, 3.8) is 0 Å². The smallest absolute Gasteiger partial charge is 0.147 e. The zero-order valence-corrected chi connectivity index (χ0v) is 15.3. The first kappa shape index (κ1) is 26.1. The van der Waals surface area contributed by atoms with Crippen LogP contribution in [0.25, 0.3) is 0 Å². The molecule has 0 saturated heterocycles. The lowest BCUT2D eigenvalue weighted by Gasteiger charge is -2.17. The molecule has 0 radical (unpaired) electrons. The topological polar surface area (TPSA) is 0 Å². The summed E-state index contributed by atoms with van der Waals surface area (Å²) < 4.78 is 0. The molecule has 0 aliphatic carbocycles. The summed E-state index contributed by atoms with van der Waals surface area (Å²) in [5, 5.41) is 4.66. The summed E-state index contributed by atoms with van der Waals surface area (Å²) >= 11 is -0.407. The van der Waals surface area contributed by atoms with Gasteiger partial charge in [0, 0.05) is 0 Å². The predicted molar refractivity (Wildman–Crippen MR) is 86.4 cm³/mol. The van der Waals surface area contributed by atoms with Gasteiger partial charge in [-0.05, 0) is 0 Å². The molecular formula is C12H30AlCl3. The highest BCUT2D eigenvalue weighted by Crippen LogP contribution is 2.20. The number of rotatable bonds is 6. The fourth-order valence-electron chi connectivity index (χ4n) is 2.29. The highest BCUT2D eigenvalue weighted by Gasteiger charge is 2.20. The molecule has 0 heterocycles. The molecule has 0 fully saturated rings. The summed E-state index contributed by atoms with van der Waals surface area (Å²) in [5.74, 6) is 2.78. The zero-order chi connectivity index (χ0) is 10.4. The van der Waals surface area contributed by atoms with Gasteiger partial charge >= 0.3 is 0 Å². The van der Waals surface area contributed by atoms with Crippen LogP contribution in [0.4, 0.5) is 0 Å². The first-order valence-corrected chi connectivity index (χ1v) is 8.36. The van der Waals surface area contributed by atoms with E-state index in [2.05, 4.69) is 41.5 Å². The Hall–Kier alpha value is 1.40. The third-order valence-corrected chi connectivity index (χ3v) is 7.24. The van der Waals surface area contributed by atoms with Crippen LogP contribution in [-0.4, -0.2) is 14.1 Å². The number of hydrogen-bond donors (Lipinski definition) is 0. The molecule has 0 unspecified atom stereocenters. The van der Waals surface area contributed by atoms with Crippen molar-refractivity contribution in [2.24, 2.45) is 17.8 Å². The van der Waals surface area contributed by atoms with Crippen LogP contribution in [0, 0.1) is 17.8 Å². The van der Waals surface area contributed by atoms with Crippen molar-refractivity contribution in [3.8, 4) is 0 Å². The second-order valence-corrected chi connectivity index (χ2v) is 8.90. The molecule has 0 rings (SSSR count). The van der Waals surface area contributed by atoms with E-state index in [0.717, 1.165) is 17.8 Å². The van der Waals surface area contributed by atoms with Gasteiger partial charge in [0.15, 0.2) is 0 Å². The lowest BCUT2D eigenvalue weighted by atomic mass is 10.2. The molecule has 0 aliphatic rings. The molecule has 0 spiro atoms. The molecule has 0 bridgehead atoms. The van der Waals surface area contributed by atoms with Crippen molar-refractivity contribution >= 4 is 51.4 Å². The number of halogens is 3. The van der Waals surface area contributed by atoms with Gasteiger partial charge in [-0.25, -0.2) is 0 Å². The Morgan fingerprint density at radius 3 is 0.875 bits per heavy atom. The minimum absolute atomic E-state index is 0. The van der Waals surface area contributed by atoms with E-state index < -0.39 is 14.1 Å². The van der Waals surface area contributed by atoms with Crippen molar-refractivity contribution in [3.05, 3.63) is 0 Å². The SMILES string of the molecule is CC(C)[CH2][Al]([CH2]C(C)C)[CH2]C(C)C.Cl.Cl.Cl. The van der Waals surface area contributed by atoms with Crippen LogP contribution in [0.15, 0.2) is 0 Å². The molecule has 16 heavy (non-hydrogen) atoms. The summed E-state index contributed by atoms with van der Waals surface area (Å²) in [6.07, 6.45) is 0. The van der Waals surface area contributed by atoms with E-state index in [9.17, 15) is 0 Å². The molecule has 4 heteroatoms. The van der Waals surface area contributed by atoms with Crippen LogP contribution in [0.3, 0.4) is 0 Å². The van der Waals surface area contributed by atoms with E-state index in [1.165, 1.54) is 0 Å². The Balaban J connectivity index is -0.000000240. The molecule has 0 amide bonds. The van der Waals surface area contributed by atoms with Crippen LogP contribution in [0.1, 0.15) is 41.5 Å². The normalized spacial score (nSPS) is 9.56. The van der Waals surface area contributed by atoms with Gasteiger partial charge < -0.3 is 0 Å². The van der Waals surface area contributed by atoms with Crippen molar-refractivity contribution in [2.75, 3.05) is 0 Å². The molecule has 0 aromatic carbocycles. The molecule has 102 valence electrons. The quantitative estimate of drug-likeness (QED) is 0.551. The highest BCUT2D eigenvalue weighted by atomic mass is 35.5. The molecule has 0 aromatic heterocycles. The Morgan fingerprint density at radius 1 is 0.562 bits per heavy atom. The Bertz CT molecular complexity index is 104. The van der Waals surface area contributed by atoms with E-state index in [-0.39, 0.29) is 37.2 Å². The third kappa shape index (κ3) is 17.8. The number of hydrogen-bond acceptors (Lipinski definition) is 0. The van der Waals surface area contributed by atoms with Crippen LogP contribution in [-0.2, 0) is 0 Å². The highest BCUT2D eigenvalue weighted by molar-refractivity contribution is 6.58. The molecule has 0 aliphatic heterocycles. The second kappa shape index (κ2) is 14.5. The fraction of sp³-hybridized carbons (Fsp3) is 1.00. The summed E-state index contributed by atoms with van der Waals surface area (Å²) in [6.45, 7) is 14.3. The van der Waals surface area contributed by atoms with Crippen LogP contribution < -0.4 is 0 Å². The van der Waals surface area contributed by atoms with Gasteiger partial charge in [0.2, 0.25) is 0 Å². The largest absolute Gasteiger partial charge is 0.262 e. The minimum Gasteiger partial charge on any atom is -0.147 e. The van der Waals surface area contributed by atoms with Gasteiger partial charge in [0.1, 0.15) is 0 Å². The van der Waals surface area contributed by atoms with E-state index >= 15 is 0 Å². The van der Waals surface area contributed by atoms with Gasteiger partial charge in [0.05, 0.1) is 0 Å². The Kier molecular flexibility index (Phi) is 23.6. The van der Waals surface area contributed by atoms with Gasteiger partial charge in [-0.3, -0.25) is 0 Å². The van der Waals surface area contributed by atoms with Gasteiger partial charge in [-0.15, -0.1) is 37.2 Å². The first-order valence-electron chi connectivity index (χ1n) is 5.91. The standard InChI is InChI=1S/3C4H9.Al.3ClH/c3*1-4(2)3;;;;/h3*4H,1H2,2-3H3;;3*1H. The second-order valence-electron chi connectivity index (χ2n) is 5.75. The zero-order valence-electron chi connectivity index (χ0n) is 11.7. The van der Waals surface area contributed by atoms with E-state index in [0.29, 0.717) is 0 Å². The summed E-state index contributed by atoms with van der Waals surface area (Å²) in [4.78, 5) is 0. The first-order chi connectivity index (χ1) is 5.91. The Labute approximate surface area is 126 Å². The average Bonchev–Trinajstić information content (AvgIpc) is 1.80. The van der Waals surface area contributed by atoms with Crippen LogP contribution in [0.2, 0.25) is 15.8 Å². The minimum atomic E-state index is -0.407. The fourth-order valence-corrected chi connectivity index (χ4v) is 6.87. The van der Waals surface area contributed by atoms with Crippen LogP contribution >= 0.6 is 37.2 Å². The van der Waals surface area contributed by atoms with Crippen molar-refractivity contribution < 1.29 is 0 Å². The molecular weight excluding hydrogens is 277 g/mol. The van der Waals surface area contributed by atoms with Crippen molar-refractivity contribution in [2.45, 2.75) is 57.4 Å². The lowest BCUT2D eigenvalue weighted by molar-refractivity contribution is 0.659. The maximum absolute atomic E-state index is 2.38. The van der Waals surface area contributed by atoms with E-state index in [1.54, 1.807) is 15.8 Å². The van der Waals surface area contributed by atoms with Gasteiger partial charge in [-0.2, -0.15) is 0 Å². The molecule has 0 nitrogen and oxygen atoms in total. The lowest BCUT2D eigenvalue weighted by Crippen LogP contribution is -2.19. The van der Waals surface area contributed by atoms with Gasteiger partial charge in [-0.1, -0.05) is 75.1 Å². The maximum Gasteiger partial charge on any atom is 0.262 e. The monoisotopic (exact) mass is 306 g/mol. The van der Waals surface area contributed by atoms with Crippen LogP contribution in [0.5, 0.6) is 0 Å². The summed E-state index contributed by atoms with van der Waals surface area (Å²) in [7, 11) is 0. The Morgan fingerprint density at radius 2 is 0.750 bits per heavy atom. The summed E-state index contributed by atoms with van der Waals surface area (Å²) in [6, 6.07) is 0. The average molecular weight is 308 g/mol. The van der Waals surface area contributed by atoms with Crippen molar-refractivity contribution in [1.29, 1.82) is 0 Å².